The largest absolute Gasteiger partial charge is 0.489 e. The van der Waals surface area contributed by atoms with E-state index in [1.54, 1.807) is 11.3 Å². The van der Waals surface area contributed by atoms with Crippen LogP contribution in [-0.2, 0) is 13.2 Å². The van der Waals surface area contributed by atoms with Crippen molar-refractivity contribution >= 4 is 22.1 Å². The molecule has 0 atom stereocenters. The van der Waals surface area contributed by atoms with Crippen molar-refractivity contribution in [1.82, 2.24) is 4.57 Å². The molecule has 4 heteroatoms. The highest BCUT2D eigenvalue weighted by molar-refractivity contribution is 7.13. The van der Waals surface area contributed by atoms with Gasteiger partial charge in [-0.1, -0.05) is 50.2 Å². The molecule has 4 rings (SSSR count). The maximum absolute atomic E-state index is 13.0. The fourth-order valence-electron chi connectivity index (χ4n) is 3.36. The van der Waals surface area contributed by atoms with Gasteiger partial charge in [0.15, 0.2) is 0 Å². The van der Waals surface area contributed by atoms with Crippen LogP contribution in [0, 0.1) is 5.92 Å². The minimum Gasteiger partial charge on any atom is -0.489 e. The number of pyridine rings is 1. The molecular weight excluding hydrogens is 366 g/mol. The number of aromatic nitrogens is 1. The third kappa shape index (κ3) is 3.87. The van der Waals surface area contributed by atoms with Gasteiger partial charge in [-0.05, 0) is 41.1 Å². The highest BCUT2D eigenvalue weighted by Gasteiger charge is 2.13. The van der Waals surface area contributed by atoms with Gasteiger partial charge in [0.05, 0.1) is 0 Å². The molecule has 0 spiro atoms. The lowest BCUT2D eigenvalue weighted by Gasteiger charge is -2.14. The summed E-state index contributed by atoms with van der Waals surface area (Å²) in [4.78, 5) is 14.2. The van der Waals surface area contributed by atoms with Gasteiger partial charge < -0.3 is 9.30 Å². The van der Waals surface area contributed by atoms with E-state index in [4.69, 9.17) is 4.74 Å². The zero-order chi connectivity index (χ0) is 19.5. The fraction of sp³-hybridized carbons (Fsp3) is 0.208. The molecule has 0 fully saturated rings. The number of nitrogens with zero attached hydrogens (tertiary/aromatic N) is 1. The Morgan fingerprint density at radius 2 is 1.82 bits per heavy atom. The van der Waals surface area contributed by atoms with E-state index in [9.17, 15) is 4.79 Å². The zero-order valence-electron chi connectivity index (χ0n) is 16.1. The predicted octanol–water partition coefficient (Wildman–Crippen LogP) is 5.97. The number of thiophene rings is 1. The zero-order valence-corrected chi connectivity index (χ0v) is 16.9. The summed E-state index contributed by atoms with van der Waals surface area (Å²) < 4.78 is 7.84. The lowest BCUT2D eigenvalue weighted by molar-refractivity contribution is 0.306. The van der Waals surface area contributed by atoms with Crippen LogP contribution in [0.15, 0.2) is 77.0 Å². The van der Waals surface area contributed by atoms with Gasteiger partial charge in [0.25, 0.3) is 5.56 Å². The maximum Gasteiger partial charge on any atom is 0.258 e. The molecule has 4 aromatic rings. The van der Waals surface area contributed by atoms with Crippen molar-refractivity contribution in [2.24, 2.45) is 5.92 Å². The second-order valence-electron chi connectivity index (χ2n) is 7.35. The molecule has 0 saturated carbocycles. The summed E-state index contributed by atoms with van der Waals surface area (Å²) in [6, 6.07) is 20.0. The molecule has 0 unspecified atom stereocenters. The monoisotopic (exact) mass is 389 g/mol. The first-order chi connectivity index (χ1) is 13.6. The Morgan fingerprint density at radius 3 is 2.54 bits per heavy atom. The van der Waals surface area contributed by atoms with Crippen LogP contribution in [0.2, 0.25) is 0 Å². The Kier molecular flexibility index (Phi) is 5.31. The summed E-state index contributed by atoms with van der Waals surface area (Å²) in [5, 5.41) is 3.74. The first kappa shape index (κ1) is 18.5. The summed E-state index contributed by atoms with van der Waals surface area (Å²) in [5.41, 5.74) is 2.25. The van der Waals surface area contributed by atoms with Crippen molar-refractivity contribution in [2.45, 2.75) is 27.0 Å². The summed E-state index contributed by atoms with van der Waals surface area (Å²) in [5.74, 6) is 1.18. The molecule has 0 N–H and O–H groups in total. The van der Waals surface area contributed by atoms with E-state index >= 15 is 0 Å². The van der Waals surface area contributed by atoms with E-state index < -0.39 is 0 Å². The van der Waals surface area contributed by atoms with E-state index in [1.807, 2.05) is 65.4 Å². The van der Waals surface area contributed by atoms with Gasteiger partial charge in [0.1, 0.15) is 12.4 Å². The number of fused-ring (bicyclic) bond motifs is 1. The third-order valence-corrected chi connectivity index (χ3v) is 5.56. The second-order valence-corrected chi connectivity index (χ2v) is 8.30. The average Bonchev–Trinajstić information content (AvgIpc) is 3.23. The van der Waals surface area contributed by atoms with Crippen LogP contribution >= 0.6 is 11.3 Å². The van der Waals surface area contributed by atoms with Crippen LogP contribution in [0.3, 0.4) is 0 Å². The van der Waals surface area contributed by atoms with Gasteiger partial charge in [-0.15, -0.1) is 11.3 Å². The van der Waals surface area contributed by atoms with Crippen molar-refractivity contribution in [3.8, 4) is 16.2 Å². The average molecular weight is 390 g/mol. The Hall–Kier alpha value is -2.85. The molecule has 2 aromatic carbocycles. The van der Waals surface area contributed by atoms with Crippen LogP contribution < -0.4 is 10.3 Å². The Morgan fingerprint density at radius 1 is 1.00 bits per heavy atom. The first-order valence-corrected chi connectivity index (χ1v) is 10.4. The van der Waals surface area contributed by atoms with E-state index in [0.717, 1.165) is 32.5 Å². The normalized spacial score (nSPS) is 11.2. The number of hydrogen-bond donors (Lipinski definition) is 0. The van der Waals surface area contributed by atoms with Crippen LogP contribution in [-0.4, -0.2) is 4.57 Å². The van der Waals surface area contributed by atoms with Crippen molar-refractivity contribution in [2.75, 3.05) is 0 Å². The summed E-state index contributed by atoms with van der Waals surface area (Å²) in [6.07, 6.45) is 2.00. The minimum absolute atomic E-state index is 0.0543. The fourth-order valence-corrected chi connectivity index (χ4v) is 4.11. The number of hydrogen-bond acceptors (Lipinski definition) is 3. The Bertz CT molecular complexity index is 1130. The highest BCUT2D eigenvalue weighted by Crippen LogP contribution is 2.32. The standard InChI is InChI=1S/C24H23NO2S/c1-17(2)14-25-15-22(23-9-6-12-28-23)21-13-19(10-11-20(21)24(25)26)27-16-18-7-4-3-5-8-18/h3-13,15,17H,14,16H2,1-2H3. The molecule has 0 aliphatic heterocycles. The van der Waals surface area contributed by atoms with Crippen LogP contribution in [0.25, 0.3) is 21.2 Å². The highest BCUT2D eigenvalue weighted by atomic mass is 32.1. The van der Waals surface area contributed by atoms with Gasteiger partial charge in [-0.3, -0.25) is 4.79 Å². The molecule has 2 aromatic heterocycles. The SMILES string of the molecule is CC(C)Cn1cc(-c2cccs2)c2cc(OCc3ccccc3)ccc2c1=O. The van der Waals surface area contributed by atoms with Crippen molar-refractivity contribution in [3.63, 3.8) is 0 Å². The molecule has 28 heavy (non-hydrogen) atoms. The Balaban J connectivity index is 1.78. The van der Waals surface area contributed by atoms with Gasteiger partial charge >= 0.3 is 0 Å². The number of rotatable bonds is 6. The summed E-state index contributed by atoms with van der Waals surface area (Å²) >= 11 is 1.68. The van der Waals surface area contributed by atoms with Gasteiger partial charge in [-0.2, -0.15) is 0 Å². The molecule has 0 amide bonds. The molecule has 0 aliphatic rings. The Labute approximate surface area is 168 Å². The third-order valence-electron chi connectivity index (χ3n) is 4.65. The molecular formula is C24H23NO2S. The number of benzene rings is 2. The molecule has 3 nitrogen and oxygen atoms in total. The predicted molar refractivity (Wildman–Crippen MR) is 117 cm³/mol. The van der Waals surface area contributed by atoms with Gasteiger partial charge in [-0.25, -0.2) is 0 Å². The van der Waals surface area contributed by atoms with Crippen molar-refractivity contribution in [1.29, 1.82) is 0 Å². The summed E-state index contributed by atoms with van der Waals surface area (Å²) in [6.45, 7) is 5.47. The minimum atomic E-state index is 0.0543. The maximum atomic E-state index is 13.0. The van der Waals surface area contributed by atoms with Crippen LogP contribution in [0.4, 0.5) is 0 Å². The molecule has 142 valence electrons. The number of ether oxygens (including phenoxy) is 1. The van der Waals surface area contributed by atoms with Crippen LogP contribution in [0.5, 0.6) is 5.75 Å². The van der Waals surface area contributed by atoms with Gasteiger partial charge in [0, 0.05) is 34.0 Å². The van der Waals surface area contributed by atoms with E-state index in [2.05, 4.69) is 25.3 Å². The second kappa shape index (κ2) is 8.03. The topological polar surface area (TPSA) is 31.2 Å². The molecule has 0 radical (unpaired) electrons. The smallest absolute Gasteiger partial charge is 0.258 e. The van der Waals surface area contributed by atoms with Gasteiger partial charge in [0.2, 0.25) is 0 Å². The molecule has 2 heterocycles. The van der Waals surface area contributed by atoms with E-state index in [0.29, 0.717) is 19.1 Å². The molecule has 0 aliphatic carbocycles. The quantitative estimate of drug-likeness (QED) is 0.407. The first-order valence-electron chi connectivity index (χ1n) is 9.49. The van der Waals surface area contributed by atoms with Crippen LogP contribution in [0.1, 0.15) is 19.4 Å². The lowest BCUT2D eigenvalue weighted by atomic mass is 10.1. The van der Waals surface area contributed by atoms with E-state index in [1.165, 1.54) is 0 Å². The van der Waals surface area contributed by atoms with Crippen molar-refractivity contribution < 1.29 is 4.74 Å². The van der Waals surface area contributed by atoms with E-state index in [-0.39, 0.29) is 5.56 Å². The summed E-state index contributed by atoms with van der Waals surface area (Å²) in [7, 11) is 0. The molecule has 0 saturated heterocycles. The lowest BCUT2D eigenvalue weighted by Crippen LogP contribution is -2.22. The van der Waals surface area contributed by atoms with Crippen molar-refractivity contribution in [3.05, 3.63) is 88.2 Å². The molecule has 0 bridgehead atoms.